The Labute approximate surface area is 95.9 Å². The van der Waals surface area contributed by atoms with Gasteiger partial charge in [-0.2, -0.15) is 0 Å². The minimum absolute atomic E-state index is 0.494. The minimum atomic E-state index is 0.494. The number of aromatic nitrogens is 2. The zero-order valence-corrected chi connectivity index (χ0v) is 9.50. The average molecular weight is 218 g/mol. The SMILES string of the molecule is c1nc(NC2CCCNC2)nc2c1CCC2. The molecule has 1 fully saturated rings. The zero-order chi connectivity index (χ0) is 10.8. The van der Waals surface area contributed by atoms with Crippen LogP contribution < -0.4 is 10.6 Å². The molecule has 0 radical (unpaired) electrons. The Morgan fingerprint density at radius 3 is 3.19 bits per heavy atom. The van der Waals surface area contributed by atoms with Gasteiger partial charge in [-0.15, -0.1) is 0 Å². The quantitative estimate of drug-likeness (QED) is 0.781. The molecule has 0 saturated carbocycles. The van der Waals surface area contributed by atoms with Crippen molar-refractivity contribution in [2.45, 2.75) is 38.1 Å². The molecule has 1 aromatic heterocycles. The van der Waals surface area contributed by atoms with Crippen molar-refractivity contribution in [3.8, 4) is 0 Å². The van der Waals surface area contributed by atoms with E-state index < -0.39 is 0 Å². The fourth-order valence-corrected chi connectivity index (χ4v) is 2.54. The van der Waals surface area contributed by atoms with Crippen molar-refractivity contribution < 1.29 is 0 Å². The lowest BCUT2D eigenvalue weighted by atomic mass is 10.1. The van der Waals surface area contributed by atoms with Crippen LogP contribution in [0.5, 0.6) is 0 Å². The summed E-state index contributed by atoms with van der Waals surface area (Å²) in [6.07, 6.45) is 7.96. The van der Waals surface area contributed by atoms with Crippen LogP contribution in [0.15, 0.2) is 6.20 Å². The minimum Gasteiger partial charge on any atom is -0.350 e. The van der Waals surface area contributed by atoms with E-state index in [0.29, 0.717) is 6.04 Å². The highest BCUT2D eigenvalue weighted by Crippen LogP contribution is 2.20. The number of hydrogen-bond acceptors (Lipinski definition) is 4. The van der Waals surface area contributed by atoms with Gasteiger partial charge in [0, 0.05) is 24.5 Å². The van der Waals surface area contributed by atoms with Crippen LogP contribution >= 0.6 is 0 Å². The molecular weight excluding hydrogens is 200 g/mol. The highest BCUT2D eigenvalue weighted by molar-refractivity contribution is 5.33. The normalized spacial score (nSPS) is 24.1. The summed E-state index contributed by atoms with van der Waals surface area (Å²) in [5, 5.41) is 6.82. The van der Waals surface area contributed by atoms with Crippen molar-refractivity contribution in [3.63, 3.8) is 0 Å². The van der Waals surface area contributed by atoms with Gasteiger partial charge in [-0.3, -0.25) is 0 Å². The van der Waals surface area contributed by atoms with Crippen LogP contribution in [0, 0.1) is 0 Å². The van der Waals surface area contributed by atoms with E-state index >= 15 is 0 Å². The number of fused-ring (bicyclic) bond motifs is 1. The van der Waals surface area contributed by atoms with Crippen LogP contribution in [0.1, 0.15) is 30.5 Å². The molecular formula is C12H18N4. The molecule has 4 heteroatoms. The molecule has 0 spiro atoms. The summed E-state index contributed by atoms with van der Waals surface area (Å²) in [7, 11) is 0. The number of nitrogens with zero attached hydrogens (tertiary/aromatic N) is 2. The Bertz CT molecular complexity index is 371. The lowest BCUT2D eigenvalue weighted by molar-refractivity contribution is 0.478. The van der Waals surface area contributed by atoms with Crippen molar-refractivity contribution in [1.29, 1.82) is 0 Å². The van der Waals surface area contributed by atoms with Crippen LogP contribution in [-0.4, -0.2) is 29.1 Å². The average Bonchev–Trinajstić information content (AvgIpc) is 2.77. The predicted molar refractivity (Wildman–Crippen MR) is 63.6 cm³/mol. The van der Waals surface area contributed by atoms with E-state index in [-0.39, 0.29) is 0 Å². The maximum atomic E-state index is 4.60. The number of rotatable bonds is 2. The van der Waals surface area contributed by atoms with Gasteiger partial charge in [0.05, 0.1) is 0 Å². The van der Waals surface area contributed by atoms with Gasteiger partial charge in [0.1, 0.15) is 0 Å². The van der Waals surface area contributed by atoms with Gasteiger partial charge in [0.15, 0.2) is 0 Å². The Kier molecular flexibility index (Phi) is 2.74. The molecule has 1 unspecified atom stereocenters. The van der Waals surface area contributed by atoms with Crippen molar-refractivity contribution in [1.82, 2.24) is 15.3 Å². The second kappa shape index (κ2) is 4.37. The molecule has 0 bridgehead atoms. The summed E-state index contributed by atoms with van der Waals surface area (Å²) in [6.45, 7) is 2.17. The van der Waals surface area contributed by atoms with Crippen LogP contribution in [0.2, 0.25) is 0 Å². The smallest absolute Gasteiger partial charge is 0.223 e. The molecule has 0 amide bonds. The van der Waals surface area contributed by atoms with E-state index in [2.05, 4.69) is 20.6 Å². The first-order valence-electron chi connectivity index (χ1n) is 6.24. The topological polar surface area (TPSA) is 49.8 Å². The van der Waals surface area contributed by atoms with Gasteiger partial charge in [-0.1, -0.05) is 0 Å². The summed E-state index contributed by atoms with van der Waals surface area (Å²) in [6, 6.07) is 0.494. The molecule has 86 valence electrons. The third kappa shape index (κ3) is 2.02. The highest BCUT2D eigenvalue weighted by atomic mass is 15.1. The summed E-state index contributed by atoms with van der Waals surface area (Å²) >= 11 is 0. The Morgan fingerprint density at radius 2 is 2.31 bits per heavy atom. The van der Waals surface area contributed by atoms with E-state index in [1.807, 2.05) is 6.20 Å². The monoisotopic (exact) mass is 218 g/mol. The van der Waals surface area contributed by atoms with E-state index in [1.54, 1.807) is 0 Å². The summed E-state index contributed by atoms with van der Waals surface area (Å²) < 4.78 is 0. The predicted octanol–water partition coefficient (Wildman–Crippen LogP) is 1.13. The summed E-state index contributed by atoms with van der Waals surface area (Å²) in [5.41, 5.74) is 2.59. The van der Waals surface area contributed by atoms with Crippen molar-refractivity contribution in [3.05, 3.63) is 17.5 Å². The molecule has 2 aliphatic rings. The lowest BCUT2D eigenvalue weighted by Gasteiger charge is -2.23. The third-order valence-electron chi connectivity index (χ3n) is 3.44. The van der Waals surface area contributed by atoms with Crippen molar-refractivity contribution >= 4 is 5.95 Å². The Balaban J connectivity index is 1.69. The van der Waals surface area contributed by atoms with E-state index in [0.717, 1.165) is 31.9 Å². The largest absolute Gasteiger partial charge is 0.350 e. The summed E-state index contributed by atoms with van der Waals surface area (Å²) in [5.74, 6) is 0.814. The van der Waals surface area contributed by atoms with Crippen molar-refractivity contribution in [2.24, 2.45) is 0 Å². The number of nitrogens with one attached hydrogen (secondary N) is 2. The summed E-state index contributed by atoms with van der Waals surface area (Å²) in [4.78, 5) is 8.99. The Morgan fingerprint density at radius 1 is 1.31 bits per heavy atom. The van der Waals surface area contributed by atoms with E-state index in [9.17, 15) is 0 Å². The third-order valence-corrected chi connectivity index (χ3v) is 3.44. The maximum Gasteiger partial charge on any atom is 0.223 e. The van der Waals surface area contributed by atoms with Crippen LogP contribution in [0.3, 0.4) is 0 Å². The molecule has 1 atom stereocenters. The highest BCUT2D eigenvalue weighted by Gasteiger charge is 2.16. The fourth-order valence-electron chi connectivity index (χ4n) is 2.54. The lowest BCUT2D eigenvalue weighted by Crippen LogP contribution is -2.38. The van der Waals surface area contributed by atoms with E-state index in [4.69, 9.17) is 0 Å². The van der Waals surface area contributed by atoms with E-state index in [1.165, 1.54) is 30.5 Å². The second-order valence-electron chi connectivity index (χ2n) is 4.71. The fraction of sp³-hybridized carbons (Fsp3) is 0.667. The number of aryl methyl sites for hydroxylation is 2. The van der Waals surface area contributed by atoms with Gasteiger partial charge in [-0.25, -0.2) is 9.97 Å². The molecule has 1 saturated heterocycles. The molecule has 0 aromatic carbocycles. The maximum absolute atomic E-state index is 4.60. The Hall–Kier alpha value is -1.16. The first kappa shape index (κ1) is 10.0. The van der Waals surface area contributed by atoms with Gasteiger partial charge < -0.3 is 10.6 Å². The standard InChI is InChI=1S/C12H18N4/c1-3-9-7-14-12(16-11(9)5-1)15-10-4-2-6-13-8-10/h7,10,13H,1-6,8H2,(H,14,15,16). The number of piperidine rings is 1. The van der Waals surface area contributed by atoms with Crippen molar-refractivity contribution in [2.75, 3.05) is 18.4 Å². The molecule has 3 rings (SSSR count). The van der Waals surface area contributed by atoms with Crippen LogP contribution in [0.25, 0.3) is 0 Å². The zero-order valence-electron chi connectivity index (χ0n) is 9.50. The van der Waals surface area contributed by atoms with Crippen LogP contribution in [0.4, 0.5) is 5.95 Å². The first-order chi connectivity index (χ1) is 7.92. The molecule has 16 heavy (non-hydrogen) atoms. The molecule has 4 nitrogen and oxygen atoms in total. The molecule has 2 N–H and O–H groups in total. The number of anilines is 1. The second-order valence-corrected chi connectivity index (χ2v) is 4.71. The van der Waals surface area contributed by atoms with Gasteiger partial charge in [0.25, 0.3) is 0 Å². The molecule has 1 aliphatic heterocycles. The van der Waals surface area contributed by atoms with Gasteiger partial charge in [0.2, 0.25) is 5.95 Å². The molecule has 1 aliphatic carbocycles. The first-order valence-corrected chi connectivity index (χ1v) is 6.24. The number of hydrogen-bond donors (Lipinski definition) is 2. The molecule has 2 heterocycles. The molecule has 1 aromatic rings. The van der Waals surface area contributed by atoms with Gasteiger partial charge >= 0.3 is 0 Å². The van der Waals surface area contributed by atoms with Gasteiger partial charge in [-0.05, 0) is 44.2 Å². The van der Waals surface area contributed by atoms with Crippen LogP contribution in [-0.2, 0) is 12.8 Å².